The molecule has 0 aliphatic carbocycles. The molecule has 0 aliphatic rings. The zero-order chi connectivity index (χ0) is 14.4. The number of fused-ring (bicyclic) bond motifs is 3. The largest absolute Gasteiger partial charge is 0.507 e. The summed E-state index contributed by atoms with van der Waals surface area (Å²) in [5.74, 6) is -0.189. The molecule has 0 fully saturated rings. The van der Waals surface area contributed by atoms with Gasteiger partial charge in [-0.2, -0.15) is 0 Å². The van der Waals surface area contributed by atoms with Gasteiger partial charge in [-0.1, -0.05) is 35.6 Å². The standard InChI is InChI=1S/C16H10N2O2S/c19-13-8-4-1-5-10(13)15(20)14-9-18-12-7-3-2-6-11(12)17-16(18)21-14/h1-9,19H. The molecule has 2 aromatic heterocycles. The Labute approximate surface area is 123 Å². The van der Waals surface area contributed by atoms with E-state index in [2.05, 4.69) is 4.98 Å². The number of imidazole rings is 1. The Morgan fingerprint density at radius 2 is 1.86 bits per heavy atom. The fourth-order valence-electron chi connectivity index (χ4n) is 2.36. The van der Waals surface area contributed by atoms with Crippen molar-refractivity contribution in [3.63, 3.8) is 0 Å². The Bertz CT molecular complexity index is 984. The van der Waals surface area contributed by atoms with E-state index >= 15 is 0 Å². The van der Waals surface area contributed by atoms with Crippen LogP contribution in [0.15, 0.2) is 54.7 Å². The van der Waals surface area contributed by atoms with Crippen LogP contribution in [0.2, 0.25) is 0 Å². The highest BCUT2D eigenvalue weighted by molar-refractivity contribution is 7.19. The summed E-state index contributed by atoms with van der Waals surface area (Å²) in [4.78, 5) is 18.3. The number of rotatable bonds is 2. The molecule has 2 heterocycles. The molecule has 0 saturated heterocycles. The number of phenolic OH excluding ortho intramolecular Hbond substituents is 1. The summed E-state index contributed by atoms with van der Waals surface area (Å²) in [7, 11) is 0. The van der Waals surface area contributed by atoms with E-state index in [1.54, 1.807) is 24.4 Å². The van der Waals surface area contributed by atoms with E-state index in [-0.39, 0.29) is 11.5 Å². The number of nitrogens with zero attached hydrogens (tertiary/aromatic N) is 2. The van der Waals surface area contributed by atoms with Crippen molar-refractivity contribution < 1.29 is 9.90 Å². The number of benzene rings is 2. The number of hydrogen-bond acceptors (Lipinski definition) is 4. The van der Waals surface area contributed by atoms with Gasteiger partial charge in [0.2, 0.25) is 5.78 Å². The second-order valence-corrected chi connectivity index (χ2v) is 5.70. The first-order valence-electron chi connectivity index (χ1n) is 6.43. The van der Waals surface area contributed by atoms with Gasteiger partial charge in [0, 0.05) is 6.20 Å². The second-order valence-electron chi connectivity index (χ2n) is 4.69. The lowest BCUT2D eigenvalue weighted by atomic mass is 10.1. The topological polar surface area (TPSA) is 54.6 Å². The molecule has 0 radical (unpaired) electrons. The second kappa shape index (κ2) is 4.43. The van der Waals surface area contributed by atoms with Crippen molar-refractivity contribution in [1.82, 2.24) is 9.38 Å². The minimum atomic E-state index is -0.187. The first-order chi connectivity index (χ1) is 10.2. The third-order valence-electron chi connectivity index (χ3n) is 3.38. The number of ketones is 1. The molecule has 5 heteroatoms. The average Bonchev–Trinajstić information content (AvgIpc) is 3.04. The van der Waals surface area contributed by atoms with Gasteiger partial charge in [0.1, 0.15) is 5.75 Å². The number of thiazole rings is 1. The minimum absolute atomic E-state index is 0.00148. The summed E-state index contributed by atoms with van der Waals surface area (Å²) in [5, 5.41) is 9.80. The van der Waals surface area contributed by atoms with Crippen LogP contribution in [0.5, 0.6) is 5.75 Å². The lowest BCUT2D eigenvalue weighted by Gasteiger charge is -2.00. The quantitative estimate of drug-likeness (QED) is 0.576. The van der Waals surface area contributed by atoms with E-state index in [4.69, 9.17) is 0 Å². The zero-order valence-electron chi connectivity index (χ0n) is 10.9. The minimum Gasteiger partial charge on any atom is -0.507 e. The van der Waals surface area contributed by atoms with E-state index in [0.29, 0.717) is 10.4 Å². The van der Waals surface area contributed by atoms with Crippen molar-refractivity contribution in [3.8, 4) is 5.75 Å². The SMILES string of the molecule is O=C(c1cn2c(nc3ccccc32)s1)c1ccccc1O. The van der Waals surface area contributed by atoms with Crippen LogP contribution in [0.25, 0.3) is 16.0 Å². The summed E-state index contributed by atoms with van der Waals surface area (Å²) in [6, 6.07) is 14.4. The molecule has 0 amide bonds. The van der Waals surface area contributed by atoms with Crippen LogP contribution in [0.3, 0.4) is 0 Å². The molecule has 0 aliphatic heterocycles. The molecular formula is C16H10N2O2S. The van der Waals surface area contributed by atoms with E-state index in [1.807, 2.05) is 28.7 Å². The van der Waals surface area contributed by atoms with Gasteiger partial charge in [0.25, 0.3) is 0 Å². The van der Waals surface area contributed by atoms with E-state index < -0.39 is 0 Å². The molecule has 2 aromatic carbocycles. The fraction of sp³-hybridized carbons (Fsp3) is 0. The summed E-state index contributed by atoms with van der Waals surface area (Å²) in [6.45, 7) is 0. The van der Waals surface area contributed by atoms with Crippen molar-refractivity contribution >= 4 is 33.1 Å². The van der Waals surface area contributed by atoms with Crippen LogP contribution in [0.4, 0.5) is 0 Å². The predicted octanol–water partition coefficient (Wildman–Crippen LogP) is 3.49. The van der Waals surface area contributed by atoms with Crippen LogP contribution < -0.4 is 0 Å². The van der Waals surface area contributed by atoms with Crippen LogP contribution in [0, 0.1) is 0 Å². The normalized spacial score (nSPS) is 11.2. The van der Waals surface area contributed by atoms with Gasteiger partial charge in [0.05, 0.1) is 21.5 Å². The number of hydrogen-bond donors (Lipinski definition) is 1. The summed E-state index contributed by atoms with van der Waals surface area (Å²) in [5.41, 5.74) is 2.19. The van der Waals surface area contributed by atoms with Crippen molar-refractivity contribution in [2.24, 2.45) is 0 Å². The molecule has 0 saturated carbocycles. The number of carbonyl (C=O) groups excluding carboxylic acids is 1. The van der Waals surface area contributed by atoms with Gasteiger partial charge in [-0.3, -0.25) is 9.20 Å². The Morgan fingerprint density at radius 1 is 1.10 bits per heavy atom. The number of aromatic hydroxyl groups is 1. The van der Waals surface area contributed by atoms with Gasteiger partial charge in [-0.25, -0.2) is 4.98 Å². The van der Waals surface area contributed by atoms with Crippen LogP contribution in [-0.2, 0) is 0 Å². The number of aromatic nitrogens is 2. The molecule has 0 spiro atoms. The van der Waals surface area contributed by atoms with Crippen LogP contribution in [0.1, 0.15) is 15.2 Å². The third kappa shape index (κ3) is 1.82. The molecule has 0 unspecified atom stereocenters. The monoisotopic (exact) mass is 294 g/mol. The zero-order valence-corrected chi connectivity index (χ0v) is 11.7. The maximum absolute atomic E-state index is 12.5. The highest BCUT2D eigenvalue weighted by Crippen LogP contribution is 2.27. The van der Waals surface area contributed by atoms with Crippen LogP contribution in [-0.4, -0.2) is 20.3 Å². The van der Waals surface area contributed by atoms with Gasteiger partial charge in [0.15, 0.2) is 4.96 Å². The molecule has 102 valence electrons. The van der Waals surface area contributed by atoms with E-state index in [9.17, 15) is 9.90 Å². The highest BCUT2D eigenvalue weighted by Gasteiger charge is 2.17. The molecule has 4 nitrogen and oxygen atoms in total. The molecule has 0 atom stereocenters. The summed E-state index contributed by atoms with van der Waals surface area (Å²) < 4.78 is 1.91. The van der Waals surface area contributed by atoms with Gasteiger partial charge < -0.3 is 5.11 Å². The Morgan fingerprint density at radius 3 is 2.71 bits per heavy atom. The number of phenols is 1. The van der Waals surface area contributed by atoms with Crippen molar-refractivity contribution in [2.45, 2.75) is 0 Å². The lowest BCUT2D eigenvalue weighted by Crippen LogP contribution is -1.98. The average molecular weight is 294 g/mol. The Hall–Kier alpha value is -2.66. The summed E-state index contributed by atoms with van der Waals surface area (Å²) >= 11 is 1.33. The first-order valence-corrected chi connectivity index (χ1v) is 7.25. The smallest absolute Gasteiger partial charge is 0.208 e. The van der Waals surface area contributed by atoms with Crippen LogP contribution >= 0.6 is 11.3 Å². The van der Waals surface area contributed by atoms with E-state index in [1.165, 1.54) is 17.4 Å². The van der Waals surface area contributed by atoms with Crippen molar-refractivity contribution in [2.75, 3.05) is 0 Å². The Balaban J connectivity index is 1.88. The molecular weight excluding hydrogens is 284 g/mol. The predicted molar refractivity (Wildman–Crippen MR) is 82.1 cm³/mol. The third-order valence-corrected chi connectivity index (χ3v) is 4.36. The Kier molecular flexibility index (Phi) is 2.55. The first kappa shape index (κ1) is 12.1. The number of para-hydroxylation sites is 3. The fourth-order valence-corrected chi connectivity index (χ4v) is 3.32. The van der Waals surface area contributed by atoms with Crippen molar-refractivity contribution in [3.05, 3.63) is 65.2 Å². The van der Waals surface area contributed by atoms with E-state index in [0.717, 1.165) is 16.0 Å². The van der Waals surface area contributed by atoms with Gasteiger partial charge in [-0.05, 0) is 24.3 Å². The molecule has 0 bridgehead atoms. The van der Waals surface area contributed by atoms with Gasteiger partial charge in [-0.15, -0.1) is 0 Å². The molecule has 4 rings (SSSR count). The summed E-state index contributed by atoms with van der Waals surface area (Å²) in [6.07, 6.45) is 1.78. The molecule has 21 heavy (non-hydrogen) atoms. The van der Waals surface area contributed by atoms with Crippen molar-refractivity contribution in [1.29, 1.82) is 0 Å². The molecule has 4 aromatic rings. The maximum Gasteiger partial charge on any atom is 0.208 e. The lowest BCUT2D eigenvalue weighted by molar-refractivity contribution is 0.103. The molecule has 1 N–H and O–H groups in total. The van der Waals surface area contributed by atoms with Gasteiger partial charge >= 0.3 is 0 Å². The highest BCUT2D eigenvalue weighted by atomic mass is 32.1. The maximum atomic E-state index is 12.5. The number of carbonyl (C=O) groups is 1.